The number of carbonyl (C=O) groups is 1. The van der Waals surface area contributed by atoms with E-state index in [-0.39, 0.29) is 0 Å². The SMILES string of the molecule is CC1CCC(CCC(C)(C)O)(C(=O)O)CC1. The van der Waals surface area contributed by atoms with Crippen molar-refractivity contribution in [2.24, 2.45) is 11.3 Å². The molecule has 1 rings (SSSR count). The van der Waals surface area contributed by atoms with Crippen LogP contribution in [0, 0.1) is 11.3 Å². The lowest BCUT2D eigenvalue weighted by Gasteiger charge is -2.37. The van der Waals surface area contributed by atoms with Gasteiger partial charge in [0.1, 0.15) is 0 Å². The Hall–Kier alpha value is -0.570. The standard InChI is InChI=1S/C13H24O3/c1-10-4-6-13(7-5-10,11(14)15)9-8-12(2,3)16/h10,16H,4-9H2,1-3H3,(H,14,15). The second-order valence-corrected chi connectivity index (χ2v) is 6.08. The maximum absolute atomic E-state index is 11.4. The molecule has 0 unspecified atom stereocenters. The number of aliphatic hydroxyl groups is 1. The molecule has 2 N–H and O–H groups in total. The molecule has 94 valence electrons. The Labute approximate surface area is 97.9 Å². The molecule has 1 fully saturated rings. The molecule has 0 spiro atoms. The monoisotopic (exact) mass is 228 g/mol. The predicted molar refractivity (Wildman–Crippen MR) is 63.2 cm³/mol. The Morgan fingerprint density at radius 2 is 1.88 bits per heavy atom. The minimum Gasteiger partial charge on any atom is -0.481 e. The Morgan fingerprint density at radius 1 is 1.38 bits per heavy atom. The van der Waals surface area contributed by atoms with Gasteiger partial charge in [-0.15, -0.1) is 0 Å². The molecular formula is C13H24O3. The number of aliphatic carboxylic acids is 1. The average molecular weight is 228 g/mol. The number of hydrogen-bond donors (Lipinski definition) is 2. The van der Waals surface area contributed by atoms with Gasteiger partial charge in [-0.1, -0.05) is 6.92 Å². The van der Waals surface area contributed by atoms with Gasteiger partial charge >= 0.3 is 5.97 Å². The van der Waals surface area contributed by atoms with Gasteiger partial charge < -0.3 is 10.2 Å². The molecule has 16 heavy (non-hydrogen) atoms. The maximum Gasteiger partial charge on any atom is 0.309 e. The Morgan fingerprint density at radius 3 is 2.25 bits per heavy atom. The molecule has 0 atom stereocenters. The van der Waals surface area contributed by atoms with Gasteiger partial charge in [0.2, 0.25) is 0 Å². The van der Waals surface area contributed by atoms with E-state index in [1.807, 2.05) is 0 Å². The summed E-state index contributed by atoms with van der Waals surface area (Å²) in [5.41, 5.74) is -1.34. The van der Waals surface area contributed by atoms with Gasteiger partial charge in [-0.25, -0.2) is 0 Å². The highest BCUT2D eigenvalue weighted by molar-refractivity contribution is 5.74. The van der Waals surface area contributed by atoms with Crippen LogP contribution in [0.2, 0.25) is 0 Å². The van der Waals surface area contributed by atoms with E-state index in [1.54, 1.807) is 13.8 Å². The van der Waals surface area contributed by atoms with E-state index < -0.39 is 17.0 Å². The van der Waals surface area contributed by atoms with Crippen molar-refractivity contribution >= 4 is 5.97 Å². The van der Waals surface area contributed by atoms with Crippen molar-refractivity contribution in [3.63, 3.8) is 0 Å². The van der Waals surface area contributed by atoms with Crippen molar-refractivity contribution in [1.29, 1.82) is 0 Å². The van der Waals surface area contributed by atoms with Gasteiger partial charge in [0, 0.05) is 0 Å². The molecular weight excluding hydrogens is 204 g/mol. The van der Waals surface area contributed by atoms with E-state index >= 15 is 0 Å². The first-order valence-corrected chi connectivity index (χ1v) is 6.21. The first-order valence-electron chi connectivity index (χ1n) is 6.21. The molecule has 0 heterocycles. The van der Waals surface area contributed by atoms with E-state index in [1.165, 1.54) is 0 Å². The fourth-order valence-corrected chi connectivity index (χ4v) is 2.43. The topological polar surface area (TPSA) is 57.5 Å². The van der Waals surface area contributed by atoms with Crippen LogP contribution in [0.1, 0.15) is 59.3 Å². The van der Waals surface area contributed by atoms with Crippen molar-refractivity contribution in [3.8, 4) is 0 Å². The fraction of sp³-hybridized carbons (Fsp3) is 0.923. The second-order valence-electron chi connectivity index (χ2n) is 6.08. The third-order valence-corrected chi connectivity index (χ3v) is 3.90. The van der Waals surface area contributed by atoms with Crippen molar-refractivity contribution in [3.05, 3.63) is 0 Å². The minimum absolute atomic E-state index is 0.563. The summed E-state index contributed by atoms with van der Waals surface area (Å²) in [6, 6.07) is 0. The number of rotatable bonds is 4. The zero-order valence-electron chi connectivity index (χ0n) is 10.6. The summed E-state index contributed by atoms with van der Waals surface area (Å²) in [6.45, 7) is 5.67. The first-order chi connectivity index (χ1) is 7.25. The molecule has 1 saturated carbocycles. The first kappa shape index (κ1) is 13.5. The van der Waals surface area contributed by atoms with Crippen molar-refractivity contribution in [2.45, 2.75) is 64.9 Å². The molecule has 1 aliphatic rings. The Kier molecular flexibility index (Phi) is 4.00. The summed E-state index contributed by atoms with van der Waals surface area (Å²) in [5.74, 6) is -0.0294. The Balaban J connectivity index is 2.64. The van der Waals surface area contributed by atoms with Gasteiger partial charge in [-0.2, -0.15) is 0 Å². The van der Waals surface area contributed by atoms with Gasteiger partial charge in [-0.05, 0) is 58.3 Å². The highest BCUT2D eigenvalue weighted by atomic mass is 16.4. The van der Waals surface area contributed by atoms with Crippen LogP contribution in [-0.2, 0) is 4.79 Å². The molecule has 3 nitrogen and oxygen atoms in total. The summed E-state index contributed by atoms with van der Waals surface area (Å²) < 4.78 is 0. The third-order valence-electron chi connectivity index (χ3n) is 3.90. The summed E-state index contributed by atoms with van der Waals surface area (Å²) >= 11 is 0. The lowest BCUT2D eigenvalue weighted by molar-refractivity contribution is -0.152. The maximum atomic E-state index is 11.4. The van der Waals surface area contributed by atoms with E-state index in [0.717, 1.165) is 25.7 Å². The van der Waals surface area contributed by atoms with Crippen LogP contribution in [0.3, 0.4) is 0 Å². The molecule has 0 radical (unpaired) electrons. The molecule has 1 aliphatic carbocycles. The van der Waals surface area contributed by atoms with Crippen molar-refractivity contribution < 1.29 is 15.0 Å². The molecule has 0 aromatic heterocycles. The number of carboxylic acid groups (broad SMARTS) is 1. The molecule has 0 aliphatic heterocycles. The molecule has 0 aromatic carbocycles. The second kappa shape index (κ2) is 4.74. The molecule has 0 amide bonds. The summed E-state index contributed by atoms with van der Waals surface area (Å²) in [7, 11) is 0. The number of carboxylic acids is 1. The zero-order valence-corrected chi connectivity index (χ0v) is 10.6. The van der Waals surface area contributed by atoms with E-state index in [4.69, 9.17) is 0 Å². The van der Waals surface area contributed by atoms with Gasteiger partial charge in [0.05, 0.1) is 11.0 Å². The molecule has 0 aromatic rings. The average Bonchev–Trinajstić information content (AvgIpc) is 2.16. The summed E-state index contributed by atoms with van der Waals surface area (Å²) in [6.07, 6.45) is 4.68. The quantitative estimate of drug-likeness (QED) is 0.778. The Bertz CT molecular complexity index is 244. The largest absolute Gasteiger partial charge is 0.481 e. The highest BCUT2D eigenvalue weighted by Crippen LogP contribution is 2.43. The van der Waals surface area contributed by atoms with E-state index in [9.17, 15) is 15.0 Å². The minimum atomic E-state index is -0.758. The van der Waals surface area contributed by atoms with Crippen LogP contribution in [-0.4, -0.2) is 21.8 Å². The smallest absolute Gasteiger partial charge is 0.309 e. The summed E-state index contributed by atoms with van der Waals surface area (Å²) in [5, 5.41) is 19.1. The summed E-state index contributed by atoms with van der Waals surface area (Å²) in [4.78, 5) is 11.4. The van der Waals surface area contributed by atoms with Crippen LogP contribution in [0.5, 0.6) is 0 Å². The van der Waals surface area contributed by atoms with E-state index in [0.29, 0.717) is 18.8 Å². The molecule has 0 saturated heterocycles. The van der Waals surface area contributed by atoms with Gasteiger partial charge in [0.25, 0.3) is 0 Å². The lowest BCUT2D eigenvalue weighted by atomic mass is 9.67. The van der Waals surface area contributed by atoms with Crippen LogP contribution in [0.25, 0.3) is 0 Å². The third kappa shape index (κ3) is 3.48. The van der Waals surface area contributed by atoms with E-state index in [2.05, 4.69) is 6.92 Å². The zero-order chi connectivity index (χ0) is 12.4. The normalized spacial score (nSPS) is 31.4. The van der Waals surface area contributed by atoms with Crippen LogP contribution in [0.4, 0.5) is 0 Å². The highest BCUT2D eigenvalue weighted by Gasteiger charge is 2.41. The molecule has 0 bridgehead atoms. The van der Waals surface area contributed by atoms with Gasteiger partial charge in [-0.3, -0.25) is 4.79 Å². The van der Waals surface area contributed by atoms with Crippen LogP contribution < -0.4 is 0 Å². The van der Waals surface area contributed by atoms with Crippen molar-refractivity contribution in [1.82, 2.24) is 0 Å². The molecule has 3 heteroatoms. The fourth-order valence-electron chi connectivity index (χ4n) is 2.43. The van der Waals surface area contributed by atoms with Gasteiger partial charge in [0.15, 0.2) is 0 Å². The lowest BCUT2D eigenvalue weighted by Crippen LogP contribution is -2.37. The van der Waals surface area contributed by atoms with Crippen LogP contribution >= 0.6 is 0 Å². The van der Waals surface area contributed by atoms with Crippen LogP contribution in [0.15, 0.2) is 0 Å². The van der Waals surface area contributed by atoms with Crippen molar-refractivity contribution in [2.75, 3.05) is 0 Å². The number of hydrogen-bond acceptors (Lipinski definition) is 2. The predicted octanol–water partition coefficient (Wildman–Crippen LogP) is 2.82.